The smallest absolute Gasteiger partial charge is 0.177 e. The number of nitrogens with zero attached hydrogens (tertiary/aromatic N) is 4. The van der Waals surface area contributed by atoms with Gasteiger partial charge in [0.05, 0.1) is 5.69 Å². The minimum atomic E-state index is 0.785. The fourth-order valence-electron chi connectivity index (χ4n) is 2.18. The topological polar surface area (TPSA) is 55.1 Å². The number of benzene rings is 1. The molecule has 2 aromatic heterocycles. The van der Waals surface area contributed by atoms with Crippen molar-refractivity contribution in [1.29, 1.82) is 0 Å². The second-order valence-corrected chi connectivity index (χ2v) is 4.83. The van der Waals surface area contributed by atoms with Crippen molar-refractivity contribution in [3.63, 3.8) is 0 Å². The summed E-state index contributed by atoms with van der Waals surface area (Å²) < 4.78 is 1.83. The third-order valence-corrected chi connectivity index (χ3v) is 3.24. The molecule has 0 radical (unpaired) electrons. The molecular weight excluding hydrogens is 250 g/mol. The highest BCUT2D eigenvalue weighted by Crippen LogP contribution is 2.18. The number of rotatable bonds is 4. The molecule has 0 fully saturated rings. The molecule has 0 saturated heterocycles. The molecule has 0 atom stereocenters. The predicted octanol–water partition coefficient (Wildman–Crippen LogP) is 1.86. The summed E-state index contributed by atoms with van der Waals surface area (Å²) in [6.45, 7) is 2.94. The summed E-state index contributed by atoms with van der Waals surface area (Å²) in [4.78, 5) is 0. The molecule has 2 heterocycles. The molecule has 102 valence electrons. The first-order valence-electron chi connectivity index (χ1n) is 6.71. The summed E-state index contributed by atoms with van der Waals surface area (Å²) in [5, 5.41) is 16.1. The van der Waals surface area contributed by atoms with Gasteiger partial charge in [0.1, 0.15) is 0 Å². The van der Waals surface area contributed by atoms with Gasteiger partial charge in [0.25, 0.3) is 0 Å². The highest BCUT2D eigenvalue weighted by atomic mass is 15.4. The highest BCUT2D eigenvalue weighted by Gasteiger charge is 2.08. The maximum atomic E-state index is 4.66. The molecule has 20 heavy (non-hydrogen) atoms. The first-order chi connectivity index (χ1) is 9.78. The van der Waals surface area contributed by atoms with E-state index in [0.717, 1.165) is 35.7 Å². The molecule has 1 N–H and O–H groups in total. The van der Waals surface area contributed by atoms with Crippen LogP contribution in [0.4, 0.5) is 0 Å². The summed E-state index contributed by atoms with van der Waals surface area (Å²) >= 11 is 0. The monoisotopic (exact) mass is 267 g/mol. The fourth-order valence-corrected chi connectivity index (χ4v) is 2.18. The number of fused-ring (bicyclic) bond motifs is 1. The van der Waals surface area contributed by atoms with E-state index in [0.29, 0.717) is 0 Å². The van der Waals surface area contributed by atoms with Crippen molar-refractivity contribution in [2.45, 2.75) is 13.3 Å². The van der Waals surface area contributed by atoms with Crippen molar-refractivity contribution in [3.05, 3.63) is 47.8 Å². The molecule has 3 rings (SSSR count). The average molecular weight is 267 g/mol. The Bertz CT molecular complexity index is 732. The molecule has 0 saturated carbocycles. The van der Waals surface area contributed by atoms with Crippen LogP contribution in [0.2, 0.25) is 0 Å². The largest absolute Gasteiger partial charge is 0.319 e. The van der Waals surface area contributed by atoms with Crippen molar-refractivity contribution in [3.8, 4) is 11.3 Å². The third kappa shape index (κ3) is 2.40. The van der Waals surface area contributed by atoms with Crippen molar-refractivity contribution < 1.29 is 0 Å². The zero-order valence-electron chi connectivity index (χ0n) is 11.7. The van der Waals surface area contributed by atoms with E-state index in [1.165, 1.54) is 5.56 Å². The summed E-state index contributed by atoms with van der Waals surface area (Å²) in [6.07, 6.45) is 0.807. The maximum Gasteiger partial charge on any atom is 0.177 e. The van der Waals surface area contributed by atoms with Gasteiger partial charge in [-0.25, -0.2) is 0 Å². The zero-order chi connectivity index (χ0) is 13.9. The maximum absolute atomic E-state index is 4.66. The lowest BCUT2D eigenvalue weighted by atomic mass is 10.1. The Morgan fingerprint density at radius 3 is 2.85 bits per heavy atom. The van der Waals surface area contributed by atoms with Crippen LogP contribution < -0.4 is 5.32 Å². The second-order valence-electron chi connectivity index (χ2n) is 4.83. The van der Waals surface area contributed by atoms with E-state index < -0.39 is 0 Å². The van der Waals surface area contributed by atoms with Crippen LogP contribution in [0.1, 0.15) is 11.4 Å². The zero-order valence-corrected chi connectivity index (χ0v) is 11.7. The van der Waals surface area contributed by atoms with Crippen LogP contribution in [0.25, 0.3) is 16.9 Å². The number of aryl methyl sites for hydroxylation is 1. The van der Waals surface area contributed by atoms with Crippen LogP contribution in [-0.2, 0) is 6.42 Å². The first kappa shape index (κ1) is 12.7. The fraction of sp³-hybridized carbons (Fsp3) is 0.267. The van der Waals surface area contributed by atoms with Crippen molar-refractivity contribution in [2.24, 2.45) is 0 Å². The number of hydrogen-bond donors (Lipinski definition) is 1. The molecule has 1 aromatic carbocycles. The SMILES string of the molecule is CNCCc1nnc2ccc(-c3cccc(C)c3)nn12. The number of likely N-dealkylation sites (N-methyl/N-ethyl adjacent to an activating group) is 1. The lowest BCUT2D eigenvalue weighted by molar-refractivity contribution is 0.726. The normalized spacial score (nSPS) is 11.1. The van der Waals surface area contributed by atoms with Crippen LogP contribution in [-0.4, -0.2) is 33.4 Å². The third-order valence-electron chi connectivity index (χ3n) is 3.24. The Balaban J connectivity index is 2.04. The molecule has 0 aliphatic carbocycles. The minimum Gasteiger partial charge on any atom is -0.319 e. The van der Waals surface area contributed by atoms with Crippen LogP contribution in [0, 0.1) is 6.92 Å². The molecule has 0 unspecified atom stereocenters. The van der Waals surface area contributed by atoms with Gasteiger partial charge in [-0.2, -0.15) is 9.61 Å². The van der Waals surface area contributed by atoms with E-state index in [-0.39, 0.29) is 0 Å². The highest BCUT2D eigenvalue weighted by molar-refractivity contribution is 5.61. The van der Waals surface area contributed by atoms with Crippen molar-refractivity contribution in [1.82, 2.24) is 25.1 Å². The molecule has 0 aliphatic rings. The molecule has 0 aliphatic heterocycles. The van der Waals surface area contributed by atoms with Gasteiger partial charge in [0, 0.05) is 18.5 Å². The van der Waals surface area contributed by atoms with Gasteiger partial charge in [-0.3, -0.25) is 0 Å². The van der Waals surface area contributed by atoms with E-state index in [1.54, 1.807) is 0 Å². The van der Waals surface area contributed by atoms with Gasteiger partial charge in [0.15, 0.2) is 11.5 Å². The van der Waals surface area contributed by atoms with E-state index >= 15 is 0 Å². The Kier molecular flexibility index (Phi) is 3.43. The van der Waals surface area contributed by atoms with Gasteiger partial charge in [-0.1, -0.05) is 23.8 Å². The molecular formula is C15H17N5. The summed E-state index contributed by atoms with van der Waals surface area (Å²) in [5.74, 6) is 0.879. The van der Waals surface area contributed by atoms with Gasteiger partial charge in [-0.05, 0) is 32.2 Å². The van der Waals surface area contributed by atoms with E-state index in [2.05, 4.69) is 45.7 Å². The average Bonchev–Trinajstić information content (AvgIpc) is 2.87. The van der Waals surface area contributed by atoms with Crippen molar-refractivity contribution in [2.75, 3.05) is 13.6 Å². The lowest BCUT2D eigenvalue weighted by Crippen LogP contribution is -2.13. The lowest BCUT2D eigenvalue weighted by Gasteiger charge is -2.04. The predicted molar refractivity (Wildman–Crippen MR) is 78.6 cm³/mol. The standard InChI is InChI=1S/C15H17N5/c1-11-4-3-5-12(10-11)13-6-7-14-17-18-15(8-9-16-2)20(14)19-13/h3-7,10,16H,8-9H2,1-2H3. The number of hydrogen-bond acceptors (Lipinski definition) is 4. The first-order valence-corrected chi connectivity index (χ1v) is 6.71. The van der Waals surface area contributed by atoms with Crippen molar-refractivity contribution >= 4 is 5.65 Å². The minimum absolute atomic E-state index is 0.785. The number of aromatic nitrogens is 4. The Hall–Kier alpha value is -2.27. The molecule has 5 nitrogen and oxygen atoms in total. The van der Waals surface area contributed by atoms with Gasteiger partial charge in [-0.15, -0.1) is 10.2 Å². The molecule has 3 aromatic rings. The Labute approximate surface area is 117 Å². The van der Waals surface area contributed by atoms with Gasteiger partial charge >= 0.3 is 0 Å². The van der Waals surface area contributed by atoms with E-state index in [1.807, 2.05) is 29.8 Å². The summed E-state index contributed by atoms with van der Waals surface area (Å²) in [6, 6.07) is 12.3. The second kappa shape index (κ2) is 5.38. The molecule has 0 amide bonds. The molecule has 0 spiro atoms. The van der Waals surface area contributed by atoms with Crippen LogP contribution in [0.15, 0.2) is 36.4 Å². The van der Waals surface area contributed by atoms with E-state index in [9.17, 15) is 0 Å². The quantitative estimate of drug-likeness (QED) is 0.784. The van der Waals surface area contributed by atoms with Crippen LogP contribution in [0.5, 0.6) is 0 Å². The molecule has 5 heteroatoms. The Morgan fingerprint density at radius 2 is 2.05 bits per heavy atom. The van der Waals surface area contributed by atoms with Crippen LogP contribution in [0.3, 0.4) is 0 Å². The Morgan fingerprint density at radius 1 is 1.15 bits per heavy atom. The van der Waals surface area contributed by atoms with Crippen LogP contribution >= 0.6 is 0 Å². The van der Waals surface area contributed by atoms with E-state index in [4.69, 9.17) is 0 Å². The summed E-state index contributed by atoms with van der Waals surface area (Å²) in [5.41, 5.74) is 4.06. The summed E-state index contributed by atoms with van der Waals surface area (Å²) in [7, 11) is 1.93. The molecule has 0 bridgehead atoms. The van der Waals surface area contributed by atoms with Gasteiger partial charge < -0.3 is 5.32 Å². The van der Waals surface area contributed by atoms with Gasteiger partial charge in [0.2, 0.25) is 0 Å². The number of nitrogens with one attached hydrogen (secondary N) is 1.